The Morgan fingerprint density at radius 2 is 1.20 bits per heavy atom. The van der Waals surface area contributed by atoms with E-state index in [1.807, 2.05) is 71.1 Å². The van der Waals surface area contributed by atoms with Crippen LogP contribution in [-0.2, 0) is 55.3 Å². The third-order valence-corrected chi connectivity index (χ3v) is 5.97. The Morgan fingerprint density at radius 1 is 0.783 bits per heavy atom. The fourth-order valence-electron chi connectivity index (χ4n) is 3.96. The van der Waals surface area contributed by atoms with Gasteiger partial charge in [0.05, 0.1) is 13.2 Å². The van der Waals surface area contributed by atoms with Crippen molar-refractivity contribution in [2.45, 2.75) is 44.8 Å². The van der Waals surface area contributed by atoms with E-state index in [2.05, 4.69) is 72.7 Å². The molecule has 0 aliphatic heterocycles. The minimum atomic E-state index is -0.176. The molecule has 0 spiro atoms. The van der Waals surface area contributed by atoms with E-state index in [0.717, 1.165) is 59.2 Å². The number of benzene rings is 2. The molecule has 1 radical (unpaired) electrons. The number of ether oxygens (including phenoxy) is 4. The Kier molecular flexibility index (Phi) is 34.3. The number of rotatable bonds is 12. The van der Waals surface area contributed by atoms with Gasteiger partial charge < -0.3 is 51.8 Å². The van der Waals surface area contributed by atoms with Crippen LogP contribution in [0.2, 0.25) is 0 Å². The van der Waals surface area contributed by atoms with E-state index in [-0.39, 0.29) is 54.3 Å². The van der Waals surface area contributed by atoms with Crippen molar-refractivity contribution in [3.63, 3.8) is 0 Å². The van der Waals surface area contributed by atoms with Gasteiger partial charge in [0.1, 0.15) is 17.7 Å². The van der Waals surface area contributed by atoms with Crippen LogP contribution in [0.3, 0.4) is 0 Å². The molecule has 4 rings (SSSR count). The Bertz CT molecular complexity index is 1210. The Morgan fingerprint density at radius 3 is 1.59 bits per heavy atom. The first-order valence-electron chi connectivity index (χ1n) is 13.4. The molecule has 14 heteroatoms. The van der Waals surface area contributed by atoms with Crippen molar-refractivity contribution in [1.29, 1.82) is 0 Å². The van der Waals surface area contributed by atoms with Gasteiger partial charge in [-0.05, 0) is 71.5 Å². The van der Waals surface area contributed by atoms with Gasteiger partial charge in [-0.15, -0.1) is 12.4 Å². The number of unbranched alkanes of at least 4 members (excludes halogenated alkanes) is 1. The summed E-state index contributed by atoms with van der Waals surface area (Å²) in [4.78, 5) is 36.0. The third-order valence-electron chi connectivity index (χ3n) is 5.97. The number of fused-ring (bicyclic) bond motifs is 2. The number of halogens is 5. The SMILES string of the molecule is COC(CCCOc1ccc2c(c1)CC(=O)C=C2)OC.Cl.IC(I)I.O.O=CCCCOc1ccc2c(c1)CC(=O)C=C2.[CH2-]I.[V]. The van der Waals surface area contributed by atoms with E-state index >= 15 is 0 Å². The molecule has 8 nitrogen and oxygen atoms in total. The molecule has 0 saturated heterocycles. The molecule has 2 aliphatic carbocycles. The molecule has 2 N–H and O–H groups in total. The molecule has 0 aromatic heterocycles. The van der Waals surface area contributed by atoms with Crippen LogP contribution >= 0.6 is 103 Å². The predicted molar refractivity (Wildman–Crippen MR) is 218 cm³/mol. The molecule has 0 unspecified atom stereocenters. The molecule has 0 bridgehead atoms. The molecule has 2 aromatic carbocycles. The maximum atomic E-state index is 11.4. The minimum Gasteiger partial charge on any atom is -0.494 e. The Labute approximate surface area is 345 Å². The summed E-state index contributed by atoms with van der Waals surface area (Å²) in [5, 5.41) is 0. The summed E-state index contributed by atoms with van der Waals surface area (Å²) in [5.74, 6) is 1.82. The van der Waals surface area contributed by atoms with Gasteiger partial charge in [0.15, 0.2) is 17.9 Å². The van der Waals surface area contributed by atoms with Crippen molar-refractivity contribution in [1.82, 2.24) is 0 Å². The number of methoxy groups -OCH3 is 2. The molecule has 0 atom stereocenters. The molecular formula is C32H40ClI4O8V-. The average molecular weight is 1150 g/mol. The van der Waals surface area contributed by atoms with Crippen LogP contribution in [-0.4, -0.2) is 57.0 Å². The van der Waals surface area contributed by atoms with Crippen molar-refractivity contribution in [2.24, 2.45) is 0 Å². The zero-order valence-electron chi connectivity index (χ0n) is 25.6. The van der Waals surface area contributed by atoms with E-state index in [1.165, 1.54) is 0 Å². The molecule has 257 valence electrons. The van der Waals surface area contributed by atoms with Crippen molar-refractivity contribution < 1.29 is 57.4 Å². The van der Waals surface area contributed by atoms with Crippen LogP contribution in [0.1, 0.15) is 47.9 Å². The summed E-state index contributed by atoms with van der Waals surface area (Å²) in [5.41, 5.74) is 4.20. The van der Waals surface area contributed by atoms with Crippen molar-refractivity contribution >= 4 is 133 Å². The van der Waals surface area contributed by atoms with Crippen molar-refractivity contribution in [3.8, 4) is 11.5 Å². The summed E-state index contributed by atoms with van der Waals surface area (Å²) in [6, 6.07) is 11.6. The predicted octanol–water partition coefficient (Wildman–Crippen LogP) is 8.17. The monoisotopic (exact) mass is 1150 g/mol. The van der Waals surface area contributed by atoms with Gasteiger partial charge in [-0.2, -0.15) is 0 Å². The summed E-state index contributed by atoms with van der Waals surface area (Å²) < 4.78 is 22.2. The summed E-state index contributed by atoms with van der Waals surface area (Å²) >= 11 is 8.85. The smallest absolute Gasteiger partial charge is 0.160 e. The average Bonchev–Trinajstić information content (AvgIpc) is 3.00. The maximum Gasteiger partial charge on any atom is 0.160 e. The third kappa shape index (κ3) is 22.0. The molecule has 2 aliphatic rings. The first-order valence-corrected chi connectivity index (χ1v) is 18.6. The first-order chi connectivity index (χ1) is 20.7. The van der Waals surface area contributed by atoms with E-state index in [0.29, 0.717) is 32.5 Å². The topological polar surface area (TPSA) is 120 Å². The summed E-state index contributed by atoms with van der Waals surface area (Å²) in [7, 11) is 3.26. The molecule has 2 aromatic rings. The first kappa shape index (κ1) is 50.6. The van der Waals surface area contributed by atoms with Gasteiger partial charge in [0.25, 0.3) is 0 Å². The van der Waals surface area contributed by atoms with Crippen LogP contribution in [0.15, 0.2) is 48.6 Å². The van der Waals surface area contributed by atoms with Crippen LogP contribution in [0.4, 0.5) is 0 Å². The quantitative estimate of drug-likeness (QED) is 0.0526. The van der Waals surface area contributed by atoms with Gasteiger partial charge in [0.2, 0.25) is 0 Å². The van der Waals surface area contributed by atoms with E-state index in [4.69, 9.17) is 18.9 Å². The number of allylic oxidation sites excluding steroid dienone is 2. The van der Waals surface area contributed by atoms with Crippen LogP contribution in [0.25, 0.3) is 12.2 Å². The van der Waals surface area contributed by atoms with Crippen molar-refractivity contribution in [2.75, 3.05) is 27.4 Å². The summed E-state index contributed by atoms with van der Waals surface area (Å²) in [6.07, 6.45) is 11.4. The second-order valence-electron chi connectivity index (χ2n) is 8.97. The van der Waals surface area contributed by atoms with Crippen molar-refractivity contribution in [3.05, 3.63) is 75.7 Å². The fourth-order valence-corrected chi connectivity index (χ4v) is 3.96. The fraction of sp³-hybridized carbons (Fsp3) is 0.375. The minimum absolute atomic E-state index is 0. The molecule has 0 fully saturated rings. The molecule has 0 amide bonds. The molecule has 0 saturated carbocycles. The largest absolute Gasteiger partial charge is 0.494 e. The van der Waals surface area contributed by atoms with Crippen LogP contribution in [0.5, 0.6) is 11.5 Å². The van der Waals surface area contributed by atoms with Gasteiger partial charge >= 0.3 is 0 Å². The van der Waals surface area contributed by atoms with Gasteiger partial charge in [-0.25, -0.2) is 0 Å². The molecule has 0 heterocycles. The normalized spacial score (nSPS) is 11.8. The summed E-state index contributed by atoms with van der Waals surface area (Å²) in [6.45, 7) is 1.13. The van der Waals surface area contributed by atoms with Crippen LogP contribution in [0, 0.1) is 4.93 Å². The van der Waals surface area contributed by atoms with Crippen LogP contribution < -0.4 is 9.47 Å². The second kappa shape index (κ2) is 31.2. The number of aldehydes is 1. The number of carbonyl (C=O) groups excluding carboxylic acids is 3. The molecular weight excluding hydrogens is 1110 g/mol. The van der Waals surface area contributed by atoms with Gasteiger partial charge in [-0.3, -0.25) is 14.5 Å². The van der Waals surface area contributed by atoms with Gasteiger partial charge in [-0.1, -0.05) is 92.1 Å². The van der Waals surface area contributed by atoms with E-state index < -0.39 is 0 Å². The zero-order chi connectivity index (χ0) is 32.0. The second-order valence-corrected chi connectivity index (χ2v) is 19.9. The number of carbonyl (C=O) groups is 3. The Balaban J connectivity index is -0.000000655. The Hall–Kier alpha value is 0.204. The molecule has 46 heavy (non-hydrogen) atoms. The number of ketones is 2. The number of hydrogen-bond donors (Lipinski definition) is 0. The van der Waals surface area contributed by atoms with E-state index in [1.54, 1.807) is 26.4 Å². The number of alkyl halides is 3. The zero-order valence-corrected chi connectivity index (χ0v) is 36.4. The maximum absolute atomic E-state index is 11.4. The van der Waals surface area contributed by atoms with Gasteiger partial charge in [0, 0.05) is 58.5 Å². The number of hydrogen-bond acceptors (Lipinski definition) is 7. The van der Waals surface area contributed by atoms with E-state index in [9.17, 15) is 14.4 Å². The standard InChI is InChI=1S/C16H20O4.C14H14O3.CHI3.CH2I.ClH.H2O.V/c1-18-16(19-2)4-3-9-20-15-8-6-12-5-7-14(17)10-13(12)11-15;15-7-1-2-8-17-14-6-4-11-3-5-13(16)9-12(11)10-14;2-1(3)4;1-2;;;/h5-8,11,16H,3-4,9-10H2,1-2H3;3-7,10H,1-2,8-9H2;1H;1H2;1H;1H2;/q;;;-1;;;.